The van der Waals surface area contributed by atoms with Gasteiger partial charge in [0.25, 0.3) is 0 Å². The number of piperidine rings is 1. The minimum Gasteiger partial charge on any atom is -0.356 e. The molecule has 4 heteroatoms. The molecular weight excluding hydrogens is 230 g/mol. The maximum atomic E-state index is 4.51. The Morgan fingerprint density at radius 2 is 2.12 bits per heavy atom. The molecule has 0 aromatic carbocycles. The highest BCUT2D eigenvalue weighted by atomic mass is 32.1. The van der Waals surface area contributed by atoms with Crippen molar-refractivity contribution >= 4 is 27.4 Å². The van der Waals surface area contributed by atoms with Gasteiger partial charge in [-0.25, -0.2) is 9.97 Å². The molecule has 0 unspecified atom stereocenters. The predicted molar refractivity (Wildman–Crippen MR) is 74.9 cm³/mol. The summed E-state index contributed by atoms with van der Waals surface area (Å²) >= 11 is 1.71. The van der Waals surface area contributed by atoms with Crippen LogP contribution in [0, 0.1) is 12.8 Å². The van der Waals surface area contributed by atoms with E-state index in [0.29, 0.717) is 0 Å². The van der Waals surface area contributed by atoms with E-state index in [1.807, 2.05) is 0 Å². The van der Waals surface area contributed by atoms with E-state index in [9.17, 15) is 0 Å². The predicted octanol–water partition coefficient (Wildman–Crippen LogP) is 3.48. The number of fused-ring (bicyclic) bond motifs is 1. The number of anilines is 1. The van der Waals surface area contributed by atoms with Crippen molar-refractivity contribution in [3.8, 4) is 0 Å². The molecule has 0 spiro atoms. The summed E-state index contributed by atoms with van der Waals surface area (Å²) in [6, 6.07) is 0. The van der Waals surface area contributed by atoms with Crippen LogP contribution in [0.4, 0.5) is 5.82 Å². The molecule has 3 rings (SSSR count). The Morgan fingerprint density at radius 1 is 1.35 bits per heavy atom. The van der Waals surface area contributed by atoms with Crippen LogP contribution >= 0.6 is 11.3 Å². The third-order valence-electron chi connectivity index (χ3n) is 3.62. The first-order valence-corrected chi connectivity index (χ1v) is 7.07. The lowest BCUT2D eigenvalue weighted by Gasteiger charge is -2.31. The van der Waals surface area contributed by atoms with Crippen LogP contribution in [-0.2, 0) is 0 Å². The molecule has 3 nitrogen and oxygen atoms in total. The summed E-state index contributed by atoms with van der Waals surface area (Å²) in [4.78, 5) is 12.4. The van der Waals surface area contributed by atoms with Gasteiger partial charge in [0.1, 0.15) is 17.0 Å². The molecular formula is C13H19N3S. The number of hydrogen-bond donors (Lipinski definition) is 0. The molecule has 17 heavy (non-hydrogen) atoms. The summed E-state index contributed by atoms with van der Waals surface area (Å²) < 4.78 is 0. The van der Waals surface area contributed by atoms with E-state index in [1.54, 1.807) is 17.7 Å². The Kier molecular flexibility index (Phi) is 2.74. The Balaban J connectivity index is 0.00000120. The molecule has 1 aliphatic rings. The fourth-order valence-corrected chi connectivity index (χ4v) is 3.34. The van der Waals surface area contributed by atoms with Gasteiger partial charge in [0.05, 0.1) is 5.39 Å². The van der Waals surface area contributed by atoms with E-state index in [1.165, 1.54) is 23.8 Å². The van der Waals surface area contributed by atoms with Crippen molar-refractivity contribution in [3.63, 3.8) is 0 Å². The number of aromatic nitrogens is 2. The first-order valence-electron chi connectivity index (χ1n) is 6.19. The Bertz CT molecular complexity index is 532. The lowest BCUT2D eigenvalue weighted by atomic mass is 9.99. The van der Waals surface area contributed by atoms with E-state index in [4.69, 9.17) is 0 Å². The van der Waals surface area contributed by atoms with Gasteiger partial charge in [0.15, 0.2) is 0 Å². The van der Waals surface area contributed by atoms with Crippen LogP contribution in [0.2, 0.25) is 0 Å². The Morgan fingerprint density at radius 3 is 2.88 bits per heavy atom. The van der Waals surface area contributed by atoms with Crippen molar-refractivity contribution in [1.29, 1.82) is 0 Å². The minimum atomic E-state index is 0. The Hall–Kier alpha value is -1.16. The van der Waals surface area contributed by atoms with Gasteiger partial charge in [0, 0.05) is 14.5 Å². The van der Waals surface area contributed by atoms with Crippen molar-refractivity contribution in [2.75, 3.05) is 18.0 Å². The van der Waals surface area contributed by atoms with Crippen molar-refractivity contribution in [3.05, 3.63) is 17.3 Å². The van der Waals surface area contributed by atoms with E-state index in [0.717, 1.165) is 29.7 Å². The molecule has 0 saturated carbocycles. The van der Waals surface area contributed by atoms with E-state index < -0.39 is 0 Å². The summed E-state index contributed by atoms with van der Waals surface area (Å²) in [6.07, 6.45) is 4.25. The van der Waals surface area contributed by atoms with Gasteiger partial charge < -0.3 is 4.90 Å². The molecule has 1 saturated heterocycles. The molecule has 0 atom stereocenters. The standard InChI is InChI=1S/C13H17N3S.H2/c1-9-3-5-16(6-4-9)12-11-10(2)7-17-13(11)15-8-14-12;/h7-9H,3-6H2,1-2H3;1H. The van der Waals surface area contributed by atoms with Crippen LogP contribution in [0.1, 0.15) is 26.8 Å². The van der Waals surface area contributed by atoms with Crippen molar-refractivity contribution in [1.82, 2.24) is 9.97 Å². The van der Waals surface area contributed by atoms with Crippen molar-refractivity contribution in [2.45, 2.75) is 26.7 Å². The zero-order valence-corrected chi connectivity index (χ0v) is 11.1. The summed E-state index contributed by atoms with van der Waals surface area (Å²) in [7, 11) is 0. The average molecular weight is 249 g/mol. The second kappa shape index (κ2) is 4.26. The minimum absolute atomic E-state index is 0. The summed E-state index contributed by atoms with van der Waals surface area (Å²) in [5.41, 5.74) is 1.30. The number of aryl methyl sites for hydroxylation is 1. The van der Waals surface area contributed by atoms with Crippen molar-refractivity contribution in [2.24, 2.45) is 5.92 Å². The van der Waals surface area contributed by atoms with Gasteiger partial charge in [-0.15, -0.1) is 11.3 Å². The zero-order chi connectivity index (χ0) is 11.8. The van der Waals surface area contributed by atoms with E-state index in [-0.39, 0.29) is 1.43 Å². The van der Waals surface area contributed by atoms with Gasteiger partial charge in [-0.3, -0.25) is 0 Å². The third-order valence-corrected chi connectivity index (χ3v) is 4.62. The molecule has 3 heterocycles. The van der Waals surface area contributed by atoms with E-state index >= 15 is 0 Å². The van der Waals surface area contributed by atoms with Crippen LogP contribution in [-0.4, -0.2) is 23.1 Å². The molecule has 2 aromatic rings. The van der Waals surface area contributed by atoms with Crippen LogP contribution in [0.5, 0.6) is 0 Å². The fraction of sp³-hybridized carbons (Fsp3) is 0.538. The second-order valence-corrected chi connectivity index (χ2v) is 5.82. The normalized spacial score (nSPS) is 17.9. The summed E-state index contributed by atoms with van der Waals surface area (Å²) in [5, 5.41) is 3.43. The van der Waals surface area contributed by atoms with Gasteiger partial charge in [-0.1, -0.05) is 6.92 Å². The molecule has 92 valence electrons. The SMILES string of the molecule is Cc1csc2ncnc(N3CCC(C)CC3)c12.[HH]. The lowest BCUT2D eigenvalue weighted by molar-refractivity contribution is 0.437. The monoisotopic (exact) mass is 249 g/mol. The number of nitrogens with zero attached hydrogens (tertiary/aromatic N) is 3. The molecule has 0 amide bonds. The van der Waals surface area contributed by atoms with Crippen LogP contribution in [0.15, 0.2) is 11.7 Å². The Labute approximate surface area is 107 Å². The summed E-state index contributed by atoms with van der Waals surface area (Å²) in [5.74, 6) is 1.99. The number of rotatable bonds is 1. The first-order chi connectivity index (χ1) is 8.25. The maximum absolute atomic E-state index is 4.51. The average Bonchev–Trinajstić information content (AvgIpc) is 2.73. The molecule has 1 aliphatic heterocycles. The first kappa shape index (κ1) is 11.0. The van der Waals surface area contributed by atoms with Crippen LogP contribution < -0.4 is 4.90 Å². The van der Waals surface area contributed by atoms with Gasteiger partial charge in [-0.2, -0.15) is 0 Å². The lowest BCUT2D eigenvalue weighted by Crippen LogP contribution is -2.33. The van der Waals surface area contributed by atoms with Crippen LogP contribution in [0.3, 0.4) is 0 Å². The van der Waals surface area contributed by atoms with Crippen LogP contribution in [0.25, 0.3) is 10.2 Å². The number of thiophene rings is 1. The highest BCUT2D eigenvalue weighted by Crippen LogP contribution is 2.32. The maximum Gasteiger partial charge on any atom is 0.141 e. The van der Waals surface area contributed by atoms with Gasteiger partial charge >= 0.3 is 0 Å². The van der Waals surface area contributed by atoms with E-state index in [2.05, 4.69) is 34.1 Å². The van der Waals surface area contributed by atoms with Gasteiger partial charge in [-0.05, 0) is 36.6 Å². The molecule has 1 fully saturated rings. The van der Waals surface area contributed by atoms with Gasteiger partial charge in [0.2, 0.25) is 0 Å². The molecule has 2 aromatic heterocycles. The topological polar surface area (TPSA) is 29.0 Å². The molecule has 0 aliphatic carbocycles. The molecule has 0 radical (unpaired) electrons. The fourth-order valence-electron chi connectivity index (χ4n) is 2.46. The smallest absolute Gasteiger partial charge is 0.141 e. The highest BCUT2D eigenvalue weighted by molar-refractivity contribution is 7.17. The highest BCUT2D eigenvalue weighted by Gasteiger charge is 2.20. The number of hydrogen-bond acceptors (Lipinski definition) is 4. The second-order valence-electron chi connectivity index (χ2n) is 4.97. The zero-order valence-electron chi connectivity index (χ0n) is 10.3. The third kappa shape index (κ3) is 1.90. The molecule has 0 N–H and O–H groups in total. The van der Waals surface area contributed by atoms with Crippen molar-refractivity contribution < 1.29 is 1.43 Å². The summed E-state index contributed by atoms with van der Waals surface area (Å²) in [6.45, 7) is 6.74. The molecule has 0 bridgehead atoms. The quantitative estimate of drug-likeness (QED) is 0.774. The largest absolute Gasteiger partial charge is 0.356 e.